The van der Waals surface area contributed by atoms with Crippen molar-refractivity contribution in [2.75, 3.05) is 12.4 Å². The Balaban J connectivity index is 2.85. The van der Waals surface area contributed by atoms with E-state index in [0.717, 1.165) is 13.4 Å². The van der Waals surface area contributed by atoms with Gasteiger partial charge in [0.2, 0.25) is 5.88 Å². The standard InChI is InChI=1S/C12H6Cl2F3N5O5/c1-27-11-8(10(14)18-3-19-11)20-7-5(21(23)24)2-4(12(15,16)17)6(13)9(7)22(25)26/h2-3,20H,1H3. The molecular formula is C12H6Cl2F3N5O5. The molecule has 1 aromatic heterocycles. The molecule has 0 radical (unpaired) electrons. The number of ether oxygens (including phenoxy) is 1. The van der Waals surface area contributed by atoms with Gasteiger partial charge in [-0.15, -0.1) is 0 Å². The van der Waals surface area contributed by atoms with Gasteiger partial charge in [0.15, 0.2) is 10.8 Å². The Kier molecular flexibility index (Phi) is 5.56. The molecule has 27 heavy (non-hydrogen) atoms. The van der Waals surface area contributed by atoms with Gasteiger partial charge in [0.1, 0.15) is 17.0 Å². The van der Waals surface area contributed by atoms with Crippen LogP contribution in [0.25, 0.3) is 0 Å². The maximum absolute atomic E-state index is 13.1. The summed E-state index contributed by atoms with van der Waals surface area (Å²) in [6.45, 7) is 0. The molecule has 1 heterocycles. The Morgan fingerprint density at radius 3 is 2.26 bits per heavy atom. The van der Waals surface area contributed by atoms with Crippen molar-refractivity contribution in [1.29, 1.82) is 0 Å². The minimum absolute atomic E-state index is 0.0713. The molecule has 0 bridgehead atoms. The van der Waals surface area contributed by atoms with Crippen molar-refractivity contribution in [1.82, 2.24) is 9.97 Å². The average molecular weight is 428 g/mol. The maximum Gasteiger partial charge on any atom is 0.418 e. The van der Waals surface area contributed by atoms with E-state index in [1.165, 1.54) is 0 Å². The quantitative estimate of drug-likeness (QED) is 0.422. The van der Waals surface area contributed by atoms with Gasteiger partial charge in [-0.1, -0.05) is 23.2 Å². The number of rotatable bonds is 5. The van der Waals surface area contributed by atoms with Gasteiger partial charge in [0.05, 0.1) is 22.5 Å². The first-order chi connectivity index (χ1) is 12.5. The molecule has 0 saturated heterocycles. The van der Waals surface area contributed by atoms with E-state index in [1.807, 2.05) is 0 Å². The third-order valence-electron chi connectivity index (χ3n) is 3.11. The Morgan fingerprint density at radius 1 is 1.15 bits per heavy atom. The van der Waals surface area contributed by atoms with E-state index in [0.29, 0.717) is 0 Å². The highest BCUT2D eigenvalue weighted by molar-refractivity contribution is 6.35. The maximum atomic E-state index is 13.1. The van der Waals surface area contributed by atoms with E-state index in [1.54, 1.807) is 0 Å². The monoisotopic (exact) mass is 427 g/mol. The van der Waals surface area contributed by atoms with Crippen LogP contribution in [-0.4, -0.2) is 26.9 Å². The first kappa shape index (κ1) is 20.4. The lowest BCUT2D eigenvalue weighted by Gasteiger charge is -2.14. The summed E-state index contributed by atoms with van der Waals surface area (Å²) in [6, 6.07) is 0.0713. The van der Waals surface area contributed by atoms with Crippen LogP contribution in [0, 0.1) is 20.2 Å². The van der Waals surface area contributed by atoms with Crippen LogP contribution in [-0.2, 0) is 6.18 Å². The topological polar surface area (TPSA) is 133 Å². The predicted molar refractivity (Wildman–Crippen MR) is 86.6 cm³/mol. The van der Waals surface area contributed by atoms with Crippen molar-refractivity contribution >= 4 is 46.0 Å². The zero-order chi connectivity index (χ0) is 20.5. The number of benzene rings is 1. The minimum Gasteiger partial charge on any atom is -0.479 e. The first-order valence-corrected chi connectivity index (χ1v) is 7.28. The van der Waals surface area contributed by atoms with Gasteiger partial charge in [-0.3, -0.25) is 20.2 Å². The van der Waals surface area contributed by atoms with Crippen molar-refractivity contribution in [3.05, 3.63) is 48.4 Å². The molecule has 0 saturated carbocycles. The van der Waals surface area contributed by atoms with E-state index in [9.17, 15) is 33.4 Å². The molecule has 1 N–H and O–H groups in total. The third-order valence-corrected chi connectivity index (χ3v) is 3.78. The summed E-state index contributed by atoms with van der Waals surface area (Å²) in [5.41, 5.74) is -5.67. The molecule has 2 aromatic rings. The number of hydrogen-bond acceptors (Lipinski definition) is 8. The van der Waals surface area contributed by atoms with Crippen molar-refractivity contribution < 1.29 is 27.8 Å². The van der Waals surface area contributed by atoms with E-state index < -0.39 is 43.7 Å². The number of anilines is 2. The second kappa shape index (κ2) is 7.36. The lowest BCUT2D eigenvalue weighted by atomic mass is 10.1. The number of nitro groups is 2. The van der Waals surface area contributed by atoms with E-state index in [4.69, 9.17) is 27.9 Å². The first-order valence-electron chi connectivity index (χ1n) is 6.53. The van der Waals surface area contributed by atoms with Crippen LogP contribution in [0.4, 0.5) is 35.9 Å². The number of methoxy groups -OCH3 is 1. The molecule has 0 atom stereocenters. The van der Waals surface area contributed by atoms with Crippen LogP contribution in [0.2, 0.25) is 10.2 Å². The smallest absolute Gasteiger partial charge is 0.418 e. The molecule has 0 amide bonds. The predicted octanol–water partition coefficient (Wildman–Crippen LogP) is 4.37. The van der Waals surface area contributed by atoms with Gasteiger partial charge in [-0.05, 0) is 0 Å². The Bertz CT molecular complexity index is 941. The summed E-state index contributed by atoms with van der Waals surface area (Å²) >= 11 is 11.3. The van der Waals surface area contributed by atoms with Crippen LogP contribution < -0.4 is 10.1 Å². The van der Waals surface area contributed by atoms with Crippen molar-refractivity contribution in [2.45, 2.75) is 6.18 Å². The summed E-state index contributed by atoms with van der Waals surface area (Å²) < 4.78 is 44.1. The van der Waals surface area contributed by atoms with E-state index in [-0.39, 0.29) is 22.8 Å². The molecule has 10 nitrogen and oxygen atoms in total. The van der Waals surface area contributed by atoms with Gasteiger partial charge < -0.3 is 10.1 Å². The molecular weight excluding hydrogens is 422 g/mol. The molecule has 0 aliphatic carbocycles. The van der Waals surface area contributed by atoms with Gasteiger partial charge in [0, 0.05) is 6.07 Å². The SMILES string of the molecule is COc1ncnc(Cl)c1Nc1c([N+](=O)[O-])cc(C(F)(F)F)c(Cl)c1[N+](=O)[O-]. The molecule has 0 aliphatic rings. The van der Waals surface area contributed by atoms with Crippen LogP contribution >= 0.6 is 23.2 Å². The number of nitrogens with one attached hydrogen (secondary N) is 1. The molecule has 0 unspecified atom stereocenters. The minimum atomic E-state index is -5.17. The number of nitro benzene ring substituents is 2. The van der Waals surface area contributed by atoms with Gasteiger partial charge in [-0.2, -0.15) is 18.2 Å². The number of halogens is 5. The fourth-order valence-corrected chi connectivity index (χ4v) is 2.51. The summed E-state index contributed by atoms with van der Waals surface area (Å²) in [7, 11) is 1.15. The Morgan fingerprint density at radius 2 is 1.78 bits per heavy atom. The highest BCUT2D eigenvalue weighted by Gasteiger charge is 2.42. The number of aromatic nitrogens is 2. The molecule has 144 valence electrons. The molecule has 0 fully saturated rings. The zero-order valence-electron chi connectivity index (χ0n) is 12.9. The van der Waals surface area contributed by atoms with Gasteiger partial charge >= 0.3 is 17.6 Å². The lowest BCUT2D eigenvalue weighted by Crippen LogP contribution is -2.11. The summed E-state index contributed by atoms with van der Waals surface area (Å²) in [6.07, 6.45) is -4.20. The highest BCUT2D eigenvalue weighted by Crippen LogP contribution is 2.49. The van der Waals surface area contributed by atoms with Crippen LogP contribution in [0.5, 0.6) is 5.88 Å². The normalized spacial score (nSPS) is 11.2. The molecule has 15 heteroatoms. The summed E-state index contributed by atoms with van der Waals surface area (Å²) in [5.74, 6) is -0.269. The van der Waals surface area contributed by atoms with E-state index in [2.05, 4.69) is 15.3 Å². The number of nitrogens with zero attached hydrogens (tertiary/aromatic N) is 4. The van der Waals surface area contributed by atoms with Gasteiger partial charge in [-0.25, -0.2) is 4.98 Å². The zero-order valence-corrected chi connectivity index (χ0v) is 14.4. The number of alkyl halides is 3. The van der Waals surface area contributed by atoms with Crippen molar-refractivity contribution in [2.24, 2.45) is 0 Å². The second-order valence-corrected chi connectivity index (χ2v) is 5.40. The second-order valence-electron chi connectivity index (χ2n) is 4.67. The molecule has 2 rings (SSSR count). The fourth-order valence-electron chi connectivity index (χ4n) is 2.01. The highest BCUT2D eigenvalue weighted by atomic mass is 35.5. The Hall–Kier alpha value is -2.93. The van der Waals surface area contributed by atoms with E-state index >= 15 is 0 Å². The fraction of sp³-hybridized carbons (Fsp3) is 0.167. The van der Waals surface area contributed by atoms with Crippen LogP contribution in [0.1, 0.15) is 5.56 Å². The third kappa shape index (κ3) is 3.93. The molecule has 0 aliphatic heterocycles. The Labute approximate surface area is 157 Å². The lowest BCUT2D eigenvalue weighted by molar-refractivity contribution is -0.392. The largest absolute Gasteiger partial charge is 0.479 e. The van der Waals surface area contributed by atoms with Crippen LogP contribution in [0.15, 0.2) is 12.4 Å². The average Bonchev–Trinajstić information content (AvgIpc) is 2.54. The molecule has 1 aromatic carbocycles. The van der Waals surface area contributed by atoms with Crippen LogP contribution in [0.3, 0.4) is 0 Å². The summed E-state index contributed by atoms with van der Waals surface area (Å²) in [5, 5.41) is 23.1. The number of hydrogen-bond donors (Lipinski definition) is 1. The van der Waals surface area contributed by atoms with Crippen molar-refractivity contribution in [3.63, 3.8) is 0 Å². The molecule has 0 spiro atoms. The van der Waals surface area contributed by atoms with Crippen molar-refractivity contribution in [3.8, 4) is 5.88 Å². The summed E-state index contributed by atoms with van der Waals surface area (Å²) in [4.78, 5) is 27.3. The van der Waals surface area contributed by atoms with Gasteiger partial charge in [0.25, 0.3) is 0 Å².